The number of aliphatic hydroxyl groups is 2. The van der Waals surface area contributed by atoms with Crippen molar-refractivity contribution >= 4 is 11.9 Å². The van der Waals surface area contributed by atoms with Gasteiger partial charge < -0.3 is 19.8 Å². The number of benzene rings is 1. The van der Waals surface area contributed by atoms with Gasteiger partial charge in [-0.3, -0.25) is 4.79 Å². The number of hydrogen-bond donors (Lipinski definition) is 2. The van der Waals surface area contributed by atoms with E-state index in [-0.39, 0.29) is 53.3 Å². The fourth-order valence-electron chi connectivity index (χ4n) is 15.8. The van der Waals surface area contributed by atoms with Crippen molar-refractivity contribution in [1.29, 1.82) is 0 Å². The maximum Gasteiger partial charge on any atom is 0.410 e. The molecule has 1 amide bonds. The Morgan fingerprint density at radius 1 is 0.875 bits per heavy atom. The summed E-state index contributed by atoms with van der Waals surface area (Å²) in [7, 11) is 0. The third-order valence-electron chi connectivity index (χ3n) is 19.4. The molecule has 2 spiro atoms. The van der Waals surface area contributed by atoms with E-state index in [0.29, 0.717) is 60.0 Å². The number of ether oxygens (including phenoxy) is 1. The third-order valence-corrected chi connectivity index (χ3v) is 19.4. The lowest BCUT2D eigenvalue weighted by molar-refractivity contribution is -0.177. The summed E-state index contributed by atoms with van der Waals surface area (Å²) in [5.41, 5.74) is -0.720. The van der Waals surface area contributed by atoms with Crippen LogP contribution in [0.3, 0.4) is 0 Å². The lowest BCUT2D eigenvalue weighted by atomic mass is 9.32. The highest BCUT2D eigenvalue weighted by Gasteiger charge is 2.74. The van der Waals surface area contributed by atoms with Crippen LogP contribution in [0.5, 0.6) is 0 Å². The van der Waals surface area contributed by atoms with Gasteiger partial charge >= 0.3 is 6.09 Å². The SMILES string of the molecule is CC(C)[C@H]1CC[C@H](C)C[C@@H]1OC(=O)N(C[C@@H]1CC[C@H]2C[C@@H]1C2(C)C)C[C@]1(O)CC[C@H]2[C@]34C=C[C@@]5(C=C3C(=O)c3ccccc3)CC(O)CC[C@]5(C)[C@H]4CC[C@@]21C. The van der Waals surface area contributed by atoms with Crippen molar-refractivity contribution in [2.75, 3.05) is 13.1 Å². The molecular weight excluding hydrogens is 695 g/mol. The molecule has 6 nitrogen and oxygen atoms in total. The molecule has 1 aromatic rings. The molecule has 11 rings (SSSR count). The van der Waals surface area contributed by atoms with E-state index in [1.165, 1.54) is 19.3 Å². The monoisotopic (exact) mass is 766 g/mol. The number of allylic oxidation sites excluding steroid dienone is 4. The van der Waals surface area contributed by atoms with Crippen molar-refractivity contribution in [3.05, 3.63) is 59.7 Å². The van der Waals surface area contributed by atoms with Crippen LogP contribution in [0.15, 0.2) is 54.1 Å². The Labute approximate surface area is 337 Å². The standard InChI is InChI=1S/C50H71NO5/c1-31(2)37-16-13-32(3)25-40(37)56-44(54)51(29-34-14-15-35-26-38(34)45(35,4)5)30-49(55)22-19-42-47(49,7)21-18-41-46(6)20-17-36(52)27-48(46)23-24-50(41,42)39(28-48)43(53)33-11-9-8-10-12-33/h8-12,23-24,28,31-32,34-38,40-42,52,55H,13-22,25-27,29-30H2,1-7H3/t32-,34-,35-,36?,37+,38-,40-,41+,42+,46+,47-,48-,49+,50+/m0/s1. The molecule has 14 atom stereocenters. The van der Waals surface area contributed by atoms with Gasteiger partial charge in [0.05, 0.1) is 18.2 Å². The number of amides is 1. The Bertz CT molecular complexity index is 1780. The molecule has 7 fully saturated rings. The van der Waals surface area contributed by atoms with Crippen molar-refractivity contribution in [2.45, 2.75) is 150 Å². The number of Topliss-reactive ketones (excluding diaryl/α,β-unsaturated/α-hetero) is 1. The Morgan fingerprint density at radius 3 is 2.30 bits per heavy atom. The van der Waals surface area contributed by atoms with Gasteiger partial charge in [0.2, 0.25) is 0 Å². The first kappa shape index (κ1) is 39.0. The molecular formula is C50H71NO5. The van der Waals surface area contributed by atoms with E-state index in [9.17, 15) is 19.8 Å². The molecule has 0 saturated heterocycles. The topological polar surface area (TPSA) is 87.1 Å². The van der Waals surface area contributed by atoms with Crippen LogP contribution < -0.4 is 0 Å². The van der Waals surface area contributed by atoms with E-state index in [2.05, 4.69) is 66.7 Å². The normalized spacial score (nSPS) is 46.9. The minimum Gasteiger partial charge on any atom is -0.446 e. The molecule has 10 aliphatic carbocycles. The molecule has 0 aliphatic heterocycles. The largest absolute Gasteiger partial charge is 0.446 e. The molecule has 10 aliphatic rings. The number of fused-ring (bicyclic) bond motifs is 3. The molecule has 0 radical (unpaired) electrons. The molecule has 1 aromatic carbocycles. The summed E-state index contributed by atoms with van der Waals surface area (Å²) in [6, 6.07) is 9.75. The first-order chi connectivity index (χ1) is 26.5. The van der Waals surface area contributed by atoms with Crippen LogP contribution in [0.4, 0.5) is 4.79 Å². The van der Waals surface area contributed by atoms with E-state index in [1.807, 2.05) is 35.2 Å². The van der Waals surface area contributed by atoms with Gasteiger partial charge in [0.15, 0.2) is 5.78 Å². The molecule has 2 N–H and O–H groups in total. The predicted octanol–water partition coefficient (Wildman–Crippen LogP) is 10.4. The first-order valence-corrected chi connectivity index (χ1v) is 22.9. The smallest absolute Gasteiger partial charge is 0.410 e. The molecule has 56 heavy (non-hydrogen) atoms. The van der Waals surface area contributed by atoms with Crippen molar-refractivity contribution in [2.24, 2.45) is 74.4 Å². The minimum atomic E-state index is -1.12. The molecule has 4 bridgehead atoms. The molecule has 0 aromatic heterocycles. The van der Waals surface area contributed by atoms with E-state index in [0.717, 1.165) is 62.9 Å². The summed E-state index contributed by atoms with van der Waals surface area (Å²) in [5.74, 6) is 3.47. The van der Waals surface area contributed by atoms with Gasteiger partial charge in [-0.05, 0) is 135 Å². The van der Waals surface area contributed by atoms with Crippen LogP contribution in [0.2, 0.25) is 0 Å². The second-order valence-corrected chi connectivity index (χ2v) is 22.3. The Kier molecular flexibility index (Phi) is 9.26. The molecule has 6 heteroatoms. The van der Waals surface area contributed by atoms with Gasteiger partial charge in [0.1, 0.15) is 6.10 Å². The number of carbonyl (C=O) groups is 2. The van der Waals surface area contributed by atoms with Gasteiger partial charge in [0.25, 0.3) is 0 Å². The van der Waals surface area contributed by atoms with E-state index in [1.54, 1.807) is 0 Å². The lowest BCUT2D eigenvalue weighted by Crippen LogP contribution is -2.67. The molecule has 7 saturated carbocycles. The summed E-state index contributed by atoms with van der Waals surface area (Å²) in [6.45, 7) is 17.4. The van der Waals surface area contributed by atoms with Crippen molar-refractivity contribution < 1.29 is 24.5 Å². The summed E-state index contributed by atoms with van der Waals surface area (Å²) in [5, 5.41) is 24.5. The quantitative estimate of drug-likeness (QED) is 0.203. The zero-order chi connectivity index (χ0) is 39.6. The van der Waals surface area contributed by atoms with Gasteiger partial charge in [0, 0.05) is 33.9 Å². The highest BCUT2D eigenvalue weighted by molar-refractivity contribution is 6.10. The Hall–Kier alpha value is -2.44. The molecule has 306 valence electrons. The predicted molar refractivity (Wildman–Crippen MR) is 221 cm³/mol. The molecule has 1 unspecified atom stereocenters. The van der Waals surface area contributed by atoms with Crippen molar-refractivity contribution in [3.8, 4) is 0 Å². The molecule has 0 heterocycles. The second-order valence-electron chi connectivity index (χ2n) is 22.3. The van der Waals surface area contributed by atoms with E-state index in [4.69, 9.17) is 4.74 Å². The summed E-state index contributed by atoms with van der Waals surface area (Å²) in [6.07, 6.45) is 18.7. The van der Waals surface area contributed by atoms with Crippen LogP contribution in [0.1, 0.15) is 142 Å². The number of aliphatic hydroxyl groups excluding tert-OH is 1. The number of ketones is 1. The minimum absolute atomic E-state index is 0.0410. The van der Waals surface area contributed by atoms with Crippen LogP contribution in [-0.2, 0) is 4.74 Å². The summed E-state index contributed by atoms with van der Waals surface area (Å²) >= 11 is 0. The zero-order valence-electron chi connectivity index (χ0n) is 35.6. The highest BCUT2D eigenvalue weighted by Crippen LogP contribution is 2.78. The maximum absolute atomic E-state index is 14.9. The fraction of sp³-hybridized carbons (Fsp3) is 0.760. The maximum atomic E-state index is 14.9. The number of carbonyl (C=O) groups excluding carboxylic acids is 2. The number of nitrogens with zero attached hydrogens (tertiary/aromatic N) is 1. The average Bonchev–Trinajstić information content (AvgIpc) is 3.44. The second kappa shape index (κ2) is 13.3. The first-order valence-electron chi connectivity index (χ1n) is 22.9. The van der Waals surface area contributed by atoms with E-state index < -0.39 is 16.4 Å². The van der Waals surface area contributed by atoms with Gasteiger partial charge in [-0.1, -0.05) is 103 Å². The van der Waals surface area contributed by atoms with Gasteiger partial charge in [-0.15, -0.1) is 0 Å². The lowest BCUT2D eigenvalue weighted by Gasteiger charge is -2.71. The number of rotatable bonds is 8. The van der Waals surface area contributed by atoms with Gasteiger partial charge in [-0.2, -0.15) is 0 Å². The van der Waals surface area contributed by atoms with Crippen molar-refractivity contribution in [1.82, 2.24) is 4.90 Å². The Morgan fingerprint density at radius 2 is 1.59 bits per heavy atom. The van der Waals surface area contributed by atoms with Gasteiger partial charge in [-0.25, -0.2) is 4.79 Å². The van der Waals surface area contributed by atoms with Crippen LogP contribution in [0, 0.1) is 74.4 Å². The van der Waals surface area contributed by atoms with Crippen LogP contribution >= 0.6 is 0 Å². The number of hydrogen-bond acceptors (Lipinski definition) is 5. The fourth-order valence-corrected chi connectivity index (χ4v) is 15.8. The summed E-state index contributed by atoms with van der Waals surface area (Å²) < 4.78 is 6.67. The summed E-state index contributed by atoms with van der Waals surface area (Å²) in [4.78, 5) is 31.7. The average molecular weight is 766 g/mol. The van der Waals surface area contributed by atoms with Crippen molar-refractivity contribution in [3.63, 3.8) is 0 Å². The zero-order valence-corrected chi connectivity index (χ0v) is 35.6. The highest BCUT2D eigenvalue weighted by atomic mass is 16.6. The van der Waals surface area contributed by atoms with Crippen LogP contribution in [-0.4, -0.2) is 57.9 Å². The van der Waals surface area contributed by atoms with Crippen LogP contribution in [0.25, 0.3) is 0 Å². The van der Waals surface area contributed by atoms with E-state index >= 15 is 0 Å². The third kappa shape index (κ3) is 5.45. The Balaban J connectivity index is 1.07.